The summed E-state index contributed by atoms with van der Waals surface area (Å²) in [6.07, 6.45) is 4.69. The maximum atomic E-state index is 5.63. The summed E-state index contributed by atoms with van der Waals surface area (Å²) in [5.74, 6) is 1.80. The Morgan fingerprint density at radius 3 is 2.68 bits per heavy atom. The van der Waals surface area contributed by atoms with Gasteiger partial charge >= 0.3 is 0 Å². The molecule has 3 heterocycles. The fourth-order valence-corrected chi connectivity index (χ4v) is 2.16. The van der Waals surface area contributed by atoms with Crippen molar-refractivity contribution in [3.63, 3.8) is 0 Å². The molecule has 0 unspecified atom stereocenters. The number of nitrogens with zero attached hydrogens (tertiary/aromatic N) is 5. The summed E-state index contributed by atoms with van der Waals surface area (Å²) in [7, 11) is 1.60. The first kappa shape index (κ1) is 14.5. The van der Waals surface area contributed by atoms with Crippen LogP contribution in [0.1, 0.15) is 5.69 Å². The lowest BCUT2D eigenvalue weighted by Gasteiger charge is -2.27. The van der Waals surface area contributed by atoms with Crippen molar-refractivity contribution in [3.8, 4) is 11.6 Å². The lowest BCUT2D eigenvalue weighted by Crippen LogP contribution is -2.44. The van der Waals surface area contributed by atoms with Crippen molar-refractivity contribution < 1.29 is 9.47 Å². The molecule has 8 heteroatoms. The van der Waals surface area contributed by atoms with Gasteiger partial charge in [-0.3, -0.25) is 0 Å². The predicted molar refractivity (Wildman–Crippen MR) is 80.0 cm³/mol. The molecule has 0 spiro atoms. The summed E-state index contributed by atoms with van der Waals surface area (Å²) in [6.45, 7) is 3.91. The van der Waals surface area contributed by atoms with Crippen molar-refractivity contribution in [1.29, 1.82) is 0 Å². The average Bonchev–Trinajstić information content (AvgIpc) is 2.61. The van der Waals surface area contributed by atoms with Gasteiger partial charge in [-0.05, 0) is 0 Å². The van der Waals surface area contributed by atoms with E-state index in [4.69, 9.17) is 9.47 Å². The van der Waals surface area contributed by atoms with Crippen molar-refractivity contribution in [1.82, 2.24) is 25.3 Å². The van der Waals surface area contributed by atoms with Crippen molar-refractivity contribution >= 4 is 5.95 Å². The second kappa shape index (κ2) is 6.99. The standard InChI is InChI=1S/C14H18N6O2/c1-21-13-6-11(9-22-12-7-16-10-17-8-12)18-14(19-13)20-4-2-15-3-5-20/h6-8,10,15H,2-5,9H2,1H3. The number of hydrogen-bond donors (Lipinski definition) is 1. The van der Waals surface area contributed by atoms with Crippen LogP contribution in [0.2, 0.25) is 0 Å². The fourth-order valence-electron chi connectivity index (χ4n) is 2.16. The van der Waals surface area contributed by atoms with Crippen LogP contribution in [0.5, 0.6) is 11.6 Å². The summed E-state index contributed by atoms with van der Waals surface area (Å²) in [6, 6.07) is 1.77. The molecule has 22 heavy (non-hydrogen) atoms. The number of anilines is 1. The van der Waals surface area contributed by atoms with E-state index in [1.54, 1.807) is 25.6 Å². The highest BCUT2D eigenvalue weighted by molar-refractivity contribution is 5.35. The zero-order valence-electron chi connectivity index (χ0n) is 12.4. The first-order chi connectivity index (χ1) is 10.8. The van der Waals surface area contributed by atoms with Crippen LogP contribution in [0.15, 0.2) is 24.8 Å². The molecule has 0 aliphatic carbocycles. The molecule has 1 aliphatic rings. The van der Waals surface area contributed by atoms with Gasteiger partial charge in [-0.15, -0.1) is 0 Å². The molecule has 0 bridgehead atoms. The van der Waals surface area contributed by atoms with Crippen LogP contribution in [-0.4, -0.2) is 53.2 Å². The van der Waals surface area contributed by atoms with Gasteiger partial charge in [0, 0.05) is 32.2 Å². The van der Waals surface area contributed by atoms with E-state index in [2.05, 4.69) is 30.2 Å². The third-order valence-corrected chi connectivity index (χ3v) is 3.28. The van der Waals surface area contributed by atoms with Crippen molar-refractivity contribution in [2.24, 2.45) is 0 Å². The molecule has 0 radical (unpaired) electrons. The zero-order chi connectivity index (χ0) is 15.2. The van der Waals surface area contributed by atoms with Crippen molar-refractivity contribution in [2.75, 3.05) is 38.2 Å². The van der Waals surface area contributed by atoms with E-state index >= 15 is 0 Å². The average molecular weight is 302 g/mol. The van der Waals surface area contributed by atoms with Crippen molar-refractivity contribution in [3.05, 3.63) is 30.5 Å². The fraction of sp³-hybridized carbons (Fsp3) is 0.429. The molecule has 1 aliphatic heterocycles. The second-order valence-corrected chi connectivity index (χ2v) is 4.80. The van der Waals surface area contributed by atoms with E-state index in [1.165, 1.54) is 6.33 Å². The van der Waals surface area contributed by atoms with Crippen LogP contribution in [-0.2, 0) is 6.61 Å². The summed E-state index contributed by atoms with van der Waals surface area (Å²) >= 11 is 0. The van der Waals surface area contributed by atoms with Gasteiger partial charge in [0.25, 0.3) is 0 Å². The number of hydrogen-bond acceptors (Lipinski definition) is 8. The summed E-state index contributed by atoms with van der Waals surface area (Å²) in [4.78, 5) is 18.9. The number of methoxy groups -OCH3 is 1. The van der Waals surface area contributed by atoms with Crippen LogP contribution in [0.4, 0.5) is 5.95 Å². The van der Waals surface area contributed by atoms with Crippen LogP contribution >= 0.6 is 0 Å². The van der Waals surface area contributed by atoms with Gasteiger partial charge in [-0.2, -0.15) is 4.98 Å². The van der Waals surface area contributed by atoms with Crippen molar-refractivity contribution in [2.45, 2.75) is 6.61 Å². The molecular weight excluding hydrogens is 284 g/mol. The highest BCUT2D eigenvalue weighted by atomic mass is 16.5. The summed E-state index contributed by atoms with van der Waals surface area (Å²) in [5, 5.41) is 3.31. The Labute approximate surface area is 128 Å². The lowest BCUT2D eigenvalue weighted by atomic mass is 10.3. The Morgan fingerprint density at radius 2 is 1.95 bits per heavy atom. The highest BCUT2D eigenvalue weighted by Crippen LogP contribution is 2.17. The Balaban J connectivity index is 1.75. The Bertz CT molecular complexity index is 604. The molecule has 1 saturated heterocycles. The molecule has 1 fully saturated rings. The molecule has 0 saturated carbocycles. The predicted octanol–water partition coefficient (Wildman–Crippen LogP) is 0.264. The number of aromatic nitrogens is 4. The number of ether oxygens (including phenoxy) is 2. The topological polar surface area (TPSA) is 85.3 Å². The quantitative estimate of drug-likeness (QED) is 0.842. The minimum absolute atomic E-state index is 0.311. The van der Waals surface area contributed by atoms with E-state index in [0.717, 1.165) is 31.9 Å². The highest BCUT2D eigenvalue weighted by Gasteiger charge is 2.15. The SMILES string of the molecule is COc1cc(COc2cncnc2)nc(N2CCNCC2)n1. The molecular formula is C14H18N6O2. The number of rotatable bonds is 5. The maximum Gasteiger partial charge on any atom is 0.229 e. The largest absolute Gasteiger partial charge is 0.484 e. The molecule has 8 nitrogen and oxygen atoms in total. The Hall–Kier alpha value is -2.48. The summed E-state index contributed by atoms with van der Waals surface area (Å²) < 4.78 is 10.9. The third-order valence-electron chi connectivity index (χ3n) is 3.28. The van der Waals surface area contributed by atoms with Gasteiger partial charge < -0.3 is 19.7 Å². The van der Waals surface area contributed by atoms with Crippen LogP contribution in [0.25, 0.3) is 0 Å². The molecule has 0 amide bonds. The molecule has 2 aromatic heterocycles. The van der Waals surface area contributed by atoms with Gasteiger partial charge in [-0.25, -0.2) is 15.0 Å². The molecule has 0 aromatic carbocycles. The smallest absolute Gasteiger partial charge is 0.229 e. The first-order valence-corrected chi connectivity index (χ1v) is 7.10. The first-order valence-electron chi connectivity index (χ1n) is 7.10. The minimum atomic E-state index is 0.311. The maximum absolute atomic E-state index is 5.63. The normalized spacial score (nSPS) is 14.7. The Kier molecular flexibility index (Phi) is 4.59. The van der Waals surface area contributed by atoms with E-state index in [0.29, 0.717) is 24.2 Å². The molecule has 116 valence electrons. The van der Waals surface area contributed by atoms with E-state index in [-0.39, 0.29) is 0 Å². The minimum Gasteiger partial charge on any atom is -0.484 e. The van der Waals surface area contributed by atoms with E-state index in [9.17, 15) is 0 Å². The zero-order valence-corrected chi connectivity index (χ0v) is 12.4. The molecule has 2 aromatic rings. The summed E-state index contributed by atoms with van der Waals surface area (Å²) in [5.41, 5.74) is 0.754. The monoisotopic (exact) mass is 302 g/mol. The van der Waals surface area contributed by atoms with Gasteiger partial charge in [0.15, 0.2) is 5.75 Å². The van der Waals surface area contributed by atoms with Gasteiger partial charge in [0.1, 0.15) is 12.9 Å². The number of piperazine rings is 1. The number of nitrogens with one attached hydrogen (secondary N) is 1. The van der Waals surface area contributed by atoms with Gasteiger partial charge in [0.2, 0.25) is 11.8 Å². The molecule has 0 atom stereocenters. The van der Waals surface area contributed by atoms with Gasteiger partial charge in [0.05, 0.1) is 25.2 Å². The van der Waals surface area contributed by atoms with E-state index < -0.39 is 0 Å². The third kappa shape index (κ3) is 3.59. The lowest BCUT2D eigenvalue weighted by molar-refractivity contribution is 0.296. The Morgan fingerprint density at radius 1 is 1.18 bits per heavy atom. The van der Waals surface area contributed by atoms with E-state index in [1.807, 2.05) is 0 Å². The van der Waals surface area contributed by atoms with Crippen LogP contribution in [0.3, 0.4) is 0 Å². The van der Waals surface area contributed by atoms with Crippen LogP contribution in [0, 0.1) is 0 Å². The van der Waals surface area contributed by atoms with Crippen LogP contribution < -0.4 is 19.7 Å². The second-order valence-electron chi connectivity index (χ2n) is 4.80. The molecule has 3 rings (SSSR count). The molecule has 1 N–H and O–H groups in total. The van der Waals surface area contributed by atoms with Gasteiger partial charge in [-0.1, -0.05) is 0 Å².